The zero-order chi connectivity index (χ0) is 15.0. The van der Waals surface area contributed by atoms with E-state index in [1.807, 2.05) is 45.0 Å². The van der Waals surface area contributed by atoms with E-state index in [1.54, 1.807) is 0 Å². The third-order valence-corrected chi connectivity index (χ3v) is 4.08. The van der Waals surface area contributed by atoms with Crippen molar-refractivity contribution in [2.75, 3.05) is 6.61 Å². The number of para-hydroxylation sites is 1. The molecule has 2 aliphatic heterocycles. The highest BCUT2D eigenvalue weighted by Crippen LogP contribution is 2.47. The fraction of sp³-hybridized carbons (Fsp3) is 0.471. The molecule has 2 bridgehead atoms. The molecule has 4 nitrogen and oxygen atoms in total. The molecule has 1 aromatic carbocycles. The molecule has 0 spiro atoms. The van der Waals surface area contributed by atoms with Crippen molar-refractivity contribution in [1.29, 1.82) is 0 Å². The van der Waals surface area contributed by atoms with Crippen LogP contribution in [0, 0.1) is 0 Å². The molecule has 0 fully saturated rings. The lowest BCUT2D eigenvalue weighted by Crippen LogP contribution is -2.54. The average Bonchev–Trinajstić information content (AvgIpc) is 2.43. The fourth-order valence-corrected chi connectivity index (χ4v) is 3.27. The van der Waals surface area contributed by atoms with Gasteiger partial charge < -0.3 is 14.8 Å². The first kappa shape index (κ1) is 14.0. The number of nitrogens with one attached hydrogen (secondary N) is 1. The Balaban J connectivity index is 2.03. The van der Waals surface area contributed by atoms with Crippen molar-refractivity contribution in [3.63, 3.8) is 0 Å². The number of allylic oxidation sites excluding steroid dienone is 1. The maximum Gasteiger partial charge on any atom is 0.336 e. The molecular weight excluding hydrogens is 266 g/mol. The summed E-state index contributed by atoms with van der Waals surface area (Å²) in [5, 5.41) is 3.33. The monoisotopic (exact) mass is 287 g/mol. The van der Waals surface area contributed by atoms with Crippen molar-refractivity contribution in [1.82, 2.24) is 5.32 Å². The van der Waals surface area contributed by atoms with Gasteiger partial charge in [-0.05, 0) is 26.3 Å². The van der Waals surface area contributed by atoms with E-state index in [4.69, 9.17) is 9.47 Å². The number of hydrogen-bond acceptors (Lipinski definition) is 4. The van der Waals surface area contributed by atoms with Gasteiger partial charge in [-0.25, -0.2) is 4.79 Å². The molecule has 2 unspecified atom stereocenters. The molecule has 0 aliphatic carbocycles. The fourth-order valence-electron chi connectivity index (χ4n) is 3.27. The van der Waals surface area contributed by atoms with Crippen LogP contribution in [0.4, 0.5) is 0 Å². The molecule has 0 amide bonds. The lowest BCUT2D eigenvalue weighted by molar-refractivity contribution is -0.140. The minimum Gasteiger partial charge on any atom is -0.468 e. The largest absolute Gasteiger partial charge is 0.468 e. The molecule has 4 heteroatoms. The molecule has 0 saturated carbocycles. The van der Waals surface area contributed by atoms with Crippen LogP contribution in [0.3, 0.4) is 0 Å². The minimum atomic E-state index is -0.461. The number of ether oxygens (including phenoxy) is 2. The van der Waals surface area contributed by atoms with Crippen LogP contribution in [0.15, 0.2) is 35.5 Å². The number of hydrogen-bond donors (Lipinski definition) is 1. The Labute approximate surface area is 125 Å². The van der Waals surface area contributed by atoms with E-state index in [9.17, 15) is 4.79 Å². The second kappa shape index (κ2) is 5.10. The normalized spacial score (nSPS) is 26.5. The lowest BCUT2D eigenvalue weighted by atomic mass is 9.78. The third kappa shape index (κ3) is 2.39. The number of benzene rings is 1. The summed E-state index contributed by atoms with van der Waals surface area (Å²) in [6.45, 7) is 6.39. The highest BCUT2D eigenvalue weighted by atomic mass is 16.5. The Kier molecular flexibility index (Phi) is 3.40. The Hall–Kier alpha value is -1.97. The Morgan fingerprint density at radius 1 is 1.48 bits per heavy atom. The average molecular weight is 287 g/mol. The number of esters is 1. The molecule has 3 rings (SSSR count). The van der Waals surface area contributed by atoms with Crippen LogP contribution >= 0.6 is 0 Å². The summed E-state index contributed by atoms with van der Waals surface area (Å²) in [5.74, 6) is 0.660. The standard InChI is InChI=1S/C17H21NO3/c1-4-9-20-16(19)15-11(2)18-17(3)10-13(15)12-7-5-6-8-14(12)21-17/h5-8,13,18H,4,9-10H2,1-3H3. The minimum absolute atomic E-state index is 0.0329. The van der Waals surface area contributed by atoms with Crippen LogP contribution in [0.5, 0.6) is 5.75 Å². The van der Waals surface area contributed by atoms with E-state index in [0.717, 1.165) is 35.4 Å². The van der Waals surface area contributed by atoms with Gasteiger partial charge in [-0.3, -0.25) is 0 Å². The number of fused-ring (bicyclic) bond motifs is 4. The highest BCUT2D eigenvalue weighted by molar-refractivity contribution is 5.91. The molecule has 2 aliphatic rings. The second-order valence-electron chi connectivity index (χ2n) is 5.93. The van der Waals surface area contributed by atoms with Crippen molar-refractivity contribution >= 4 is 5.97 Å². The molecule has 2 heterocycles. The van der Waals surface area contributed by atoms with Gasteiger partial charge in [0.1, 0.15) is 5.75 Å². The van der Waals surface area contributed by atoms with Crippen molar-refractivity contribution < 1.29 is 14.3 Å². The van der Waals surface area contributed by atoms with E-state index in [-0.39, 0.29) is 11.9 Å². The zero-order valence-corrected chi connectivity index (χ0v) is 12.7. The van der Waals surface area contributed by atoms with Crippen molar-refractivity contribution in [3.8, 4) is 5.75 Å². The molecule has 21 heavy (non-hydrogen) atoms. The second-order valence-corrected chi connectivity index (χ2v) is 5.93. The third-order valence-electron chi connectivity index (χ3n) is 4.08. The Morgan fingerprint density at radius 3 is 3.00 bits per heavy atom. The van der Waals surface area contributed by atoms with Gasteiger partial charge in [-0.1, -0.05) is 25.1 Å². The SMILES string of the molecule is CCCOC(=O)C1=C(C)NC2(C)CC1c1ccccc1O2. The van der Waals surface area contributed by atoms with Gasteiger partial charge in [0.15, 0.2) is 5.72 Å². The van der Waals surface area contributed by atoms with Gasteiger partial charge in [-0.15, -0.1) is 0 Å². The number of carbonyl (C=O) groups is 1. The molecule has 0 saturated heterocycles. The van der Waals surface area contributed by atoms with E-state index >= 15 is 0 Å². The zero-order valence-electron chi connectivity index (χ0n) is 12.7. The number of carbonyl (C=O) groups excluding carboxylic acids is 1. The Bertz CT molecular complexity index is 608. The van der Waals surface area contributed by atoms with Crippen molar-refractivity contribution in [2.45, 2.75) is 45.3 Å². The summed E-state index contributed by atoms with van der Waals surface area (Å²) < 4.78 is 11.4. The van der Waals surface area contributed by atoms with Crippen LogP contribution in [-0.2, 0) is 9.53 Å². The maximum atomic E-state index is 12.4. The van der Waals surface area contributed by atoms with E-state index in [1.165, 1.54) is 0 Å². The first-order valence-electron chi connectivity index (χ1n) is 7.48. The van der Waals surface area contributed by atoms with Gasteiger partial charge in [0.25, 0.3) is 0 Å². The van der Waals surface area contributed by atoms with Crippen LogP contribution in [0.25, 0.3) is 0 Å². The highest BCUT2D eigenvalue weighted by Gasteiger charge is 2.45. The molecule has 112 valence electrons. The molecule has 1 aromatic rings. The topological polar surface area (TPSA) is 47.6 Å². The number of rotatable bonds is 3. The van der Waals surface area contributed by atoms with Gasteiger partial charge in [-0.2, -0.15) is 0 Å². The van der Waals surface area contributed by atoms with Crippen LogP contribution in [0.1, 0.15) is 45.1 Å². The summed E-state index contributed by atoms with van der Waals surface area (Å²) in [4.78, 5) is 12.4. The molecule has 1 N–H and O–H groups in total. The van der Waals surface area contributed by atoms with E-state index in [0.29, 0.717) is 6.61 Å². The smallest absolute Gasteiger partial charge is 0.336 e. The van der Waals surface area contributed by atoms with Crippen LogP contribution in [-0.4, -0.2) is 18.3 Å². The molecule has 2 atom stereocenters. The molecular formula is C17H21NO3. The predicted octanol–water partition coefficient (Wildman–Crippen LogP) is 3.10. The summed E-state index contributed by atoms with van der Waals surface area (Å²) in [6, 6.07) is 7.93. The first-order valence-corrected chi connectivity index (χ1v) is 7.48. The lowest BCUT2D eigenvalue weighted by Gasteiger charge is -2.45. The first-order chi connectivity index (χ1) is 10.0. The Morgan fingerprint density at radius 2 is 2.24 bits per heavy atom. The van der Waals surface area contributed by atoms with Gasteiger partial charge in [0.2, 0.25) is 0 Å². The van der Waals surface area contributed by atoms with Crippen LogP contribution in [0.2, 0.25) is 0 Å². The van der Waals surface area contributed by atoms with Crippen molar-refractivity contribution in [3.05, 3.63) is 41.1 Å². The van der Waals surface area contributed by atoms with E-state index in [2.05, 4.69) is 5.32 Å². The van der Waals surface area contributed by atoms with Gasteiger partial charge >= 0.3 is 5.97 Å². The van der Waals surface area contributed by atoms with Crippen LogP contribution < -0.4 is 10.1 Å². The van der Waals surface area contributed by atoms with E-state index < -0.39 is 5.72 Å². The van der Waals surface area contributed by atoms with Crippen molar-refractivity contribution in [2.24, 2.45) is 0 Å². The molecule has 0 radical (unpaired) electrons. The summed E-state index contributed by atoms with van der Waals surface area (Å²) >= 11 is 0. The summed E-state index contributed by atoms with van der Waals surface area (Å²) in [7, 11) is 0. The van der Waals surface area contributed by atoms with Gasteiger partial charge in [0, 0.05) is 23.6 Å². The summed E-state index contributed by atoms with van der Waals surface area (Å²) in [6.07, 6.45) is 1.56. The summed E-state index contributed by atoms with van der Waals surface area (Å²) in [5.41, 5.74) is 2.19. The maximum absolute atomic E-state index is 12.4. The molecule has 0 aromatic heterocycles. The predicted molar refractivity (Wildman–Crippen MR) is 79.9 cm³/mol. The van der Waals surface area contributed by atoms with Gasteiger partial charge in [0.05, 0.1) is 12.2 Å². The quantitative estimate of drug-likeness (QED) is 0.868.